The molecule has 0 aliphatic carbocycles. The second kappa shape index (κ2) is 19.2. The Balaban J connectivity index is 1.72. The van der Waals surface area contributed by atoms with Gasteiger partial charge < -0.3 is 10.0 Å². The van der Waals surface area contributed by atoms with Crippen molar-refractivity contribution in [1.82, 2.24) is 4.90 Å². The van der Waals surface area contributed by atoms with Crippen LogP contribution in [0.15, 0.2) is 69.6 Å². The number of rotatable bonds is 18. The van der Waals surface area contributed by atoms with Gasteiger partial charge >= 0.3 is 43.0 Å². The summed E-state index contributed by atoms with van der Waals surface area (Å²) in [5.41, 5.74) is 1.36. The van der Waals surface area contributed by atoms with Gasteiger partial charge in [0.25, 0.3) is 10.1 Å². The molecule has 0 fully saturated rings. The highest BCUT2D eigenvalue weighted by Gasteiger charge is 2.44. The molecule has 1 atom stereocenters. The maximum atomic E-state index is 11.8. The zero-order valence-corrected chi connectivity index (χ0v) is 36.3. The molecule has 0 bridgehead atoms. The Morgan fingerprint density at radius 2 is 1.52 bits per heavy atom. The molecule has 332 valence electrons. The van der Waals surface area contributed by atoms with E-state index in [1.54, 1.807) is 50.4 Å². The number of carboxylic acids is 1. The number of pyridine rings is 1. The van der Waals surface area contributed by atoms with Gasteiger partial charge in [0.05, 0.1) is 22.2 Å². The minimum absolute atomic E-state index is 0.0211. The molecule has 0 saturated carbocycles. The van der Waals surface area contributed by atoms with Crippen LogP contribution < -0.4 is 4.57 Å². The summed E-state index contributed by atoms with van der Waals surface area (Å²) in [5.74, 6) is 9.09. The van der Waals surface area contributed by atoms with E-state index >= 15 is 0 Å². The van der Waals surface area contributed by atoms with Gasteiger partial charge in [-0.2, -0.15) is 33.7 Å². The lowest BCUT2D eigenvalue weighted by Crippen LogP contribution is -2.45. The normalized spacial score (nSPS) is 18.2. The van der Waals surface area contributed by atoms with Crippen molar-refractivity contribution >= 4 is 64.6 Å². The fourth-order valence-electron chi connectivity index (χ4n) is 6.36. The minimum atomic E-state index is -5.22. The summed E-state index contributed by atoms with van der Waals surface area (Å²) in [6.45, 7) is 5.95. The predicted molar refractivity (Wildman–Crippen MR) is 217 cm³/mol. The van der Waals surface area contributed by atoms with Crippen molar-refractivity contribution < 1.29 is 78.9 Å². The van der Waals surface area contributed by atoms with Gasteiger partial charge in [-0.3, -0.25) is 23.0 Å². The molecule has 25 heteroatoms. The summed E-state index contributed by atoms with van der Waals surface area (Å²) in [4.78, 5) is 22.5. The molecule has 0 radical (unpaired) electrons. The molecule has 4 rings (SSSR count). The van der Waals surface area contributed by atoms with Crippen molar-refractivity contribution in [2.24, 2.45) is 15.4 Å². The number of aromatic nitrogens is 1. The molecule has 1 aromatic heterocycles. The molecule has 5 N–H and O–H groups in total. The molecule has 1 aromatic rings. The second-order valence-electron chi connectivity index (χ2n) is 14.6. The van der Waals surface area contributed by atoms with Gasteiger partial charge in [-0.15, -0.1) is 0 Å². The van der Waals surface area contributed by atoms with Crippen LogP contribution in [-0.2, 0) is 70.6 Å². The molecular formula is C36H43N4O17S4+. The lowest BCUT2D eigenvalue weighted by molar-refractivity contribution is -0.689. The third kappa shape index (κ3) is 14.8. The molecule has 61 heavy (non-hydrogen) atoms. The Hall–Kier alpha value is -4.64. The zero-order valence-electron chi connectivity index (χ0n) is 33.0. The molecule has 0 amide bonds. The van der Waals surface area contributed by atoms with E-state index in [9.17, 15) is 47.6 Å². The SMILES string of the molecule is CC1(C)C2=CC(C#CCOS(=O)(=O)O)=CN(CCCCCC(=O)O)C2=N/C1=C\C=C\C1=Nc2c(cc(C#CCOS(=O)(=O)O)c[n+]2CC(CS(=O)(=O)O)OS(=O)(=O)O)C1(C)C. The van der Waals surface area contributed by atoms with Crippen molar-refractivity contribution in [1.29, 1.82) is 0 Å². The highest BCUT2D eigenvalue weighted by atomic mass is 32.3. The number of aliphatic carboxylic acids is 1. The number of nitrogens with zero attached hydrogens (tertiary/aromatic N) is 4. The van der Waals surface area contributed by atoms with E-state index in [-0.39, 0.29) is 17.8 Å². The number of carboxylic acid groups (broad SMARTS) is 1. The molecular weight excluding hydrogens is 889 g/mol. The summed E-state index contributed by atoms with van der Waals surface area (Å²) >= 11 is 0. The van der Waals surface area contributed by atoms with Crippen LogP contribution in [0.2, 0.25) is 0 Å². The predicted octanol–water partition coefficient (Wildman–Crippen LogP) is 2.06. The first-order valence-electron chi connectivity index (χ1n) is 17.9. The lowest BCUT2D eigenvalue weighted by Gasteiger charge is -2.29. The van der Waals surface area contributed by atoms with Gasteiger partial charge in [0.2, 0.25) is 0 Å². The Morgan fingerprint density at radius 3 is 2.11 bits per heavy atom. The number of allylic oxidation sites excluding steroid dienone is 6. The van der Waals surface area contributed by atoms with Gasteiger partial charge in [-0.05, 0) is 56.0 Å². The van der Waals surface area contributed by atoms with Crippen molar-refractivity contribution in [3.05, 3.63) is 70.7 Å². The number of carbonyl (C=O) groups is 1. The van der Waals surface area contributed by atoms with E-state index in [4.69, 9.17) is 24.2 Å². The van der Waals surface area contributed by atoms with Crippen LogP contribution >= 0.6 is 0 Å². The van der Waals surface area contributed by atoms with Crippen LogP contribution in [0.3, 0.4) is 0 Å². The number of unbranched alkanes of at least 4 members (excludes halogenated alkanes) is 2. The number of amidine groups is 1. The van der Waals surface area contributed by atoms with Crippen LogP contribution in [0, 0.1) is 29.1 Å². The van der Waals surface area contributed by atoms with Crippen LogP contribution in [0.25, 0.3) is 0 Å². The number of hydrogen-bond acceptors (Lipinski definition) is 15. The average Bonchev–Trinajstić information content (AvgIpc) is 3.50. The minimum Gasteiger partial charge on any atom is -0.481 e. The summed E-state index contributed by atoms with van der Waals surface area (Å²) in [5, 5.41) is 9.02. The van der Waals surface area contributed by atoms with Gasteiger partial charge in [-0.25, -0.2) is 22.1 Å². The van der Waals surface area contributed by atoms with Crippen molar-refractivity contribution in [3.63, 3.8) is 0 Å². The Kier molecular flexibility index (Phi) is 15.4. The maximum Gasteiger partial charge on any atom is 0.398 e. The molecule has 0 spiro atoms. The Labute approximate surface area is 353 Å². The smallest absolute Gasteiger partial charge is 0.398 e. The third-order valence-electron chi connectivity index (χ3n) is 9.17. The summed E-state index contributed by atoms with van der Waals surface area (Å²) in [6.07, 6.45) is 9.83. The molecule has 0 saturated heterocycles. The van der Waals surface area contributed by atoms with E-state index in [1.807, 2.05) is 18.7 Å². The van der Waals surface area contributed by atoms with Crippen LogP contribution in [0.1, 0.15) is 64.5 Å². The molecule has 3 aliphatic rings. The quantitative estimate of drug-likeness (QED) is 0.0609. The molecule has 1 unspecified atom stereocenters. The Morgan fingerprint density at radius 1 is 0.885 bits per heavy atom. The standard InChI is InChI=1S/C36H42N4O17S4/c1-35(2)28-19-25(11-9-17-55-59(46,47)48)21-39(16-7-5-6-15-32(41)42)33(28)37-30(35)13-8-14-31-36(3,4)29-20-26(12-10-18-56-60(49,50)51)22-40(34(29)38-31)23-27(24-58(43,44)45)57-61(52,53)54/h8,13-14,19-22,27H,5-7,15-18,23-24H2,1-4H3,(H4-,41,42,43,44,45,46,47,48,49,50,51,52,53,54)/p+1. The highest BCUT2D eigenvalue weighted by molar-refractivity contribution is 7.86. The fraction of sp³-hybridized carbons (Fsp3) is 0.444. The Bertz CT molecular complexity index is 2680. The third-order valence-corrected chi connectivity index (χ3v) is 11.3. The first kappa shape index (κ1) is 49.0. The lowest BCUT2D eigenvalue weighted by atomic mass is 9.80. The average molecular weight is 932 g/mol. The van der Waals surface area contributed by atoms with Gasteiger partial charge in [0.1, 0.15) is 43.6 Å². The fourth-order valence-corrected chi connectivity index (χ4v) is 7.98. The highest BCUT2D eigenvalue weighted by Crippen LogP contribution is 2.45. The van der Waals surface area contributed by atoms with Crippen LogP contribution in [-0.4, -0.2) is 111 Å². The van der Waals surface area contributed by atoms with Crippen molar-refractivity contribution in [2.75, 3.05) is 25.5 Å². The maximum absolute atomic E-state index is 11.8. The number of hydrogen-bond donors (Lipinski definition) is 5. The largest absolute Gasteiger partial charge is 0.481 e. The van der Waals surface area contributed by atoms with Crippen molar-refractivity contribution in [2.45, 2.75) is 71.4 Å². The van der Waals surface area contributed by atoms with Gasteiger partial charge in [0, 0.05) is 35.7 Å². The van der Waals surface area contributed by atoms with E-state index in [0.717, 1.165) is 5.57 Å². The topological polar surface area (TPSA) is 314 Å². The number of fused-ring (bicyclic) bond motifs is 2. The zero-order chi connectivity index (χ0) is 45.6. The van der Waals surface area contributed by atoms with Gasteiger partial charge in [-0.1, -0.05) is 50.0 Å². The monoisotopic (exact) mass is 931 g/mol. The van der Waals surface area contributed by atoms with Crippen LogP contribution in [0.5, 0.6) is 0 Å². The van der Waals surface area contributed by atoms with Gasteiger partial charge in [0.15, 0.2) is 5.71 Å². The second-order valence-corrected chi connectivity index (χ2v) is 19.4. The molecule has 21 nitrogen and oxygen atoms in total. The summed E-state index contributed by atoms with van der Waals surface area (Å²) in [6, 6.07) is 1.60. The summed E-state index contributed by atoms with van der Waals surface area (Å²) in [7, 11) is -19.6. The molecule has 0 aromatic carbocycles. The van der Waals surface area contributed by atoms with E-state index in [2.05, 4.69) is 36.2 Å². The first-order chi connectivity index (χ1) is 28.0. The first-order valence-corrected chi connectivity index (χ1v) is 23.6. The number of aliphatic imine (C=N–C) groups is 2. The molecule has 3 aliphatic heterocycles. The van der Waals surface area contributed by atoms with E-state index in [1.165, 1.54) is 10.8 Å². The summed E-state index contributed by atoms with van der Waals surface area (Å²) < 4.78 is 142. The van der Waals surface area contributed by atoms with E-state index < -0.39 is 89.7 Å². The van der Waals surface area contributed by atoms with Crippen LogP contribution in [0.4, 0.5) is 5.82 Å². The molecule has 4 heterocycles. The van der Waals surface area contributed by atoms with E-state index in [0.29, 0.717) is 54.2 Å². The van der Waals surface area contributed by atoms with Crippen molar-refractivity contribution in [3.8, 4) is 23.7 Å².